The summed E-state index contributed by atoms with van der Waals surface area (Å²) in [6.07, 6.45) is -2.74. The van der Waals surface area contributed by atoms with Gasteiger partial charge in [0, 0.05) is 49.2 Å². The van der Waals surface area contributed by atoms with Crippen LogP contribution in [0, 0.1) is 11.8 Å². The molecule has 0 fully saturated rings. The van der Waals surface area contributed by atoms with E-state index in [1.54, 1.807) is 74.6 Å². The number of hydrogen-bond donors (Lipinski definition) is 18. The lowest BCUT2D eigenvalue weighted by atomic mass is 9.99. The number of fused-ring (bicyclic) bond motifs is 1. The van der Waals surface area contributed by atoms with Crippen molar-refractivity contribution >= 4 is 81.9 Å². The number of nitrogens with one attached hydrogen (secondary N) is 10. The minimum atomic E-state index is -1.89. The lowest BCUT2D eigenvalue weighted by Crippen LogP contribution is -2.61. The number of amides is 11. The van der Waals surface area contributed by atoms with Crippen molar-refractivity contribution in [3.8, 4) is 11.5 Å². The number of carbonyl (C=O) groups is 12. The number of aliphatic hydroxyl groups excluding tert-OH is 2. The third kappa shape index (κ3) is 24.5. The molecule has 4 aromatic carbocycles. The van der Waals surface area contributed by atoms with Gasteiger partial charge in [0.05, 0.1) is 25.2 Å². The second-order valence-electron chi connectivity index (χ2n) is 24.3. The molecule has 0 aliphatic carbocycles. The summed E-state index contributed by atoms with van der Waals surface area (Å²) >= 11 is 0. The Kier molecular flexibility index (Phi) is 29.3. The van der Waals surface area contributed by atoms with Crippen molar-refractivity contribution in [2.24, 2.45) is 29.0 Å². The summed E-state index contributed by atoms with van der Waals surface area (Å²) in [5.74, 6) is -13.3. The van der Waals surface area contributed by atoms with Crippen molar-refractivity contribution in [1.29, 1.82) is 0 Å². The summed E-state index contributed by atoms with van der Waals surface area (Å²) in [5.41, 5.74) is 19.4. The number of phenolic OH excluding ortho intramolecular Hbond substituents is 2. The molecular formula is C66H87N13O17. The molecule has 0 aliphatic heterocycles. The molecule has 0 bridgehead atoms. The number of carboxylic acid groups (broad SMARTS) is 1. The third-order valence-electron chi connectivity index (χ3n) is 15.3. The highest BCUT2D eigenvalue weighted by molar-refractivity contribution is 6.00. The van der Waals surface area contributed by atoms with Gasteiger partial charge in [-0.05, 0) is 90.6 Å². The molecule has 21 N–H and O–H groups in total. The van der Waals surface area contributed by atoms with E-state index in [0.29, 0.717) is 33.2 Å². The molecule has 0 aliphatic rings. The van der Waals surface area contributed by atoms with E-state index in [-0.39, 0.29) is 61.9 Å². The van der Waals surface area contributed by atoms with E-state index in [9.17, 15) is 83.1 Å². The van der Waals surface area contributed by atoms with Crippen molar-refractivity contribution in [2.75, 3.05) is 6.61 Å². The number of aromatic nitrogens is 1. The molecule has 1 aromatic heterocycles. The Balaban J connectivity index is 1.44. The fourth-order valence-electron chi connectivity index (χ4n) is 10.2. The molecule has 5 rings (SSSR count). The number of carboxylic acids is 1. The van der Waals surface area contributed by atoms with Crippen molar-refractivity contribution in [1.82, 2.24) is 52.8 Å². The highest BCUT2D eigenvalue weighted by Gasteiger charge is 2.37. The van der Waals surface area contributed by atoms with Crippen molar-refractivity contribution in [3.63, 3.8) is 0 Å². The fraction of sp³-hybridized carbons (Fsp3) is 0.424. The molecule has 11 amide bonds. The molecule has 0 saturated carbocycles. The molecule has 0 spiro atoms. The van der Waals surface area contributed by atoms with Crippen LogP contribution < -0.4 is 65.1 Å². The van der Waals surface area contributed by atoms with Crippen molar-refractivity contribution in [2.45, 2.75) is 159 Å². The molecule has 0 unspecified atom stereocenters. The Morgan fingerprint density at radius 1 is 0.448 bits per heavy atom. The number of nitrogens with two attached hydrogens (primary N) is 3. The van der Waals surface area contributed by atoms with Crippen LogP contribution in [0.3, 0.4) is 0 Å². The van der Waals surface area contributed by atoms with Crippen LogP contribution in [0.25, 0.3) is 10.9 Å². The predicted octanol–water partition coefficient (Wildman–Crippen LogP) is -1.77. The number of aromatic amines is 1. The maximum Gasteiger partial charge on any atom is 0.328 e. The van der Waals surface area contributed by atoms with E-state index in [2.05, 4.69) is 52.8 Å². The van der Waals surface area contributed by atoms with Gasteiger partial charge in [0.15, 0.2) is 6.04 Å². The average Bonchev–Trinajstić information content (AvgIpc) is 1.58. The maximum absolute atomic E-state index is 14.9. The van der Waals surface area contributed by atoms with Gasteiger partial charge in [-0.15, -0.1) is 0 Å². The highest BCUT2D eigenvalue weighted by atomic mass is 16.4. The Labute approximate surface area is 553 Å². The number of aliphatic carboxylic acids is 1. The lowest BCUT2D eigenvalue weighted by molar-refractivity contribution is -0.145. The van der Waals surface area contributed by atoms with Crippen LogP contribution >= 0.6 is 0 Å². The molecule has 1 heterocycles. The Hall–Kier alpha value is -10.5. The first-order valence-corrected chi connectivity index (χ1v) is 31.1. The molecule has 30 nitrogen and oxygen atoms in total. The maximum atomic E-state index is 14.9. The second-order valence-corrected chi connectivity index (χ2v) is 24.3. The summed E-state index contributed by atoms with van der Waals surface area (Å²) in [7, 11) is 0. The molecule has 96 heavy (non-hydrogen) atoms. The Morgan fingerprint density at radius 3 is 1.31 bits per heavy atom. The van der Waals surface area contributed by atoms with Crippen LogP contribution in [0.15, 0.2) is 109 Å². The van der Waals surface area contributed by atoms with Gasteiger partial charge >= 0.3 is 5.97 Å². The van der Waals surface area contributed by atoms with E-state index in [4.69, 9.17) is 17.2 Å². The number of benzene rings is 4. The van der Waals surface area contributed by atoms with E-state index in [1.165, 1.54) is 48.5 Å². The Morgan fingerprint density at radius 2 is 0.844 bits per heavy atom. The van der Waals surface area contributed by atoms with Gasteiger partial charge in [-0.25, -0.2) is 4.79 Å². The first-order valence-electron chi connectivity index (χ1n) is 31.1. The number of para-hydroxylation sites is 1. The summed E-state index contributed by atoms with van der Waals surface area (Å²) in [4.78, 5) is 168. The summed E-state index contributed by atoms with van der Waals surface area (Å²) < 4.78 is 0. The van der Waals surface area contributed by atoms with Crippen LogP contribution in [0.5, 0.6) is 11.5 Å². The molecule has 30 heteroatoms. The van der Waals surface area contributed by atoms with Gasteiger partial charge in [-0.1, -0.05) is 100 Å². The number of aromatic hydroxyl groups is 2. The van der Waals surface area contributed by atoms with Crippen molar-refractivity contribution < 1.29 is 83.1 Å². The predicted molar refractivity (Wildman–Crippen MR) is 349 cm³/mol. The van der Waals surface area contributed by atoms with Crippen LogP contribution in [0.2, 0.25) is 0 Å². The molecule has 0 radical (unpaired) electrons. The highest BCUT2D eigenvalue weighted by Crippen LogP contribution is 2.21. The third-order valence-corrected chi connectivity index (χ3v) is 15.3. The first-order chi connectivity index (χ1) is 45.4. The standard InChI is InChI=1S/C66H87N13O17/c1-34(2)25-44(67)57(86)72-52(31-55(69)85)63(92)75-48(27-37-11-7-6-8-12-37)61(90)78-53(33-80)65(94)71-46(23-24-54(68)84)58(87)74-49(28-38-15-19-41(82)20-16-38)60(89)73-47(26-35(3)4)59(88)77-51(30-40-32-70-45-14-10-9-13-43(40)45)62(91)76-50(29-39-17-21-42(83)22-18-39)64(93)79-56(36(5)81)66(95)96/h6-22,32,34-36,44,46-53,56,70,80-83H,23-31,33,67H2,1-5H3,(H2,68,84)(H2,69,85)(H,71,94)(H,72,86)(H,73,89)(H,74,87)(H,75,92)(H,76,91)(H,77,88)(H,78,90)(H,79,93)(H,95,96)/t36-,44+,46+,47+,48+,49+,50+,51+,52+,53-,56+/m1/s1. The molecule has 0 saturated heterocycles. The number of aliphatic hydroxyl groups is 2. The second kappa shape index (κ2) is 36.8. The van der Waals surface area contributed by atoms with E-state index >= 15 is 0 Å². The summed E-state index contributed by atoms with van der Waals surface area (Å²) in [6.45, 7) is 7.10. The topological polar surface area (TPSA) is 508 Å². The number of primary amides is 2. The molecule has 5 aromatic rings. The van der Waals surface area contributed by atoms with E-state index in [0.717, 1.165) is 6.92 Å². The largest absolute Gasteiger partial charge is 0.508 e. The Bertz CT molecular complexity index is 3510. The number of hydrogen-bond acceptors (Lipinski definition) is 17. The zero-order chi connectivity index (χ0) is 70.9. The zero-order valence-corrected chi connectivity index (χ0v) is 53.8. The average molecular weight is 1330 g/mol. The monoisotopic (exact) mass is 1330 g/mol. The van der Waals surface area contributed by atoms with Gasteiger partial charge in [0.1, 0.15) is 59.8 Å². The number of phenols is 2. The molecule has 11 atom stereocenters. The minimum Gasteiger partial charge on any atom is -0.508 e. The minimum absolute atomic E-state index is 0.0245. The molecule has 518 valence electrons. The van der Waals surface area contributed by atoms with E-state index in [1.807, 2.05) is 13.8 Å². The van der Waals surface area contributed by atoms with Crippen molar-refractivity contribution in [3.05, 3.63) is 132 Å². The van der Waals surface area contributed by atoms with Crippen LogP contribution in [-0.2, 0) is 83.2 Å². The smallest absolute Gasteiger partial charge is 0.328 e. The fourth-order valence-corrected chi connectivity index (χ4v) is 10.2. The van der Waals surface area contributed by atoms with Gasteiger partial charge in [0.25, 0.3) is 0 Å². The number of carbonyl (C=O) groups excluding carboxylic acids is 11. The van der Waals surface area contributed by atoms with Gasteiger partial charge in [-0.2, -0.15) is 0 Å². The lowest BCUT2D eigenvalue weighted by Gasteiger charge is -2.29. The normalized spacial score (nSPS) is 14.7. The SMILES string of the molecule is CC(C)C[C@H](NC(=O)[C@H](Cc1ccc(O)cc1)NC(=O)[C@H](CCC(N)=O)NC(=O)[C@@H](CO)NC(=O)[C@H](Cc1ccccc1)NC(=O)[C@H](CC(N)=O)NC(=O)[C@@H](N)CC(C)C)C(=O)N[C@@H](Cc1c[nH]c2ccccc12)C(=O)N[C@@H](Cc1ccc(O)cc1)C(=O)N[C@H](C(=O)O)[C@@H](C)O. The quantitative estimate of drug-likeness (QED) is 0.0208. The van der Waals surface area contributed by atoms with Gasteiger partial charge < -0.3 is 95.6 Å². The van der Waals surface area contributed by atoms with E-state index < -0.39 is 163 Å². The zero-order valence-electron chi connectivity index (χ0n) is 53.8. The van der Waals surface area contributed by atoms with Gasteiger partial charge in [0.2, 0.25) is 65.0 Å². The number of H-pyrrole nitrogens is 1. The van der Waals surface area contributed by atoms with Gasteiger partial charge in [-0.3, -0.25) is 52.7 Å². The van der Waals surface area contributed by atoms with Crippen LogP contribution in [0.1, 0.15) is 89.0 Å². The summed E-state index contributed by atoms with van der Waals surface area (Å²) in [6, 6.07) is 10.3. The first kappa shape index (κ1) is 76.3. The number of rotatable bonds is 38. The van der Waals surface area contributed by atoms with Crippen LogP contribution in [-0.4, -0.2) is 175 Å². The summed E-state index contributed by atoms with van der Waals surface area (Å²) in [5, 5.41) is 73.9. The molecular weight excluding hydrogens is 1250 g/mol. The van der Waals surface area contributed by atoms with Crippen LogP contribution in [0.4, 0.5) is 0 Å².